The fourth-order valence-electron chi connectivity index (χ4n) is 4.12. The molecule has 1 aromatic carbocycles. The van der Waals surface area contributed by atoms with E-state index < -0.39 is 48.2 Å². The first-order chi connectivity index (χ1) is 15.1. The van der Waals surface area contributed by atoms with Crippen molar-refractivity contribution in [2.45, 2.75) is 76.4 Å². The minimum atomic E-state index is -0.954. The van der Waals surface area contributed by atoms with E-state index in [1.165, 1.54) is 0 Å². The van der Waals surface area contributed by atoms with Crippen molar-refractivity contribution in [2.24, 2.45) is 0 Å². The van der Waals surface area contributed by atoms with Crippen molar-refractivity contribution < 1.29 is 38.0 Å². The second-order valence-corrected chi connectivity index (χ2v) is 8.91. The highest BCUT2D eigenvalue weighted by molar-refractivity contribution is 5.91. The van der Waals surface area contributed by atoms with Gasteiger partial charge in [0.2, 0.25) is 5.91 Å². The molecule has 2 N–H and O–H groups in total. The van der Waals surface area contributed by atoms with Gasteiger partial charge in [-0.3, -0.25) is 9.59 Å². The summed E-state index contributed by atoms with van der Waals surface area (Å²) in [7, 11) is 1.57. The highest BCUT2D eigenvalue weighted by atomic mass is 16.9. The minimum absolute atomic E-state index is 0.0974. The Morgan fingerprint density at radius 1 is 0.938 bits per heavy atom. The van der Waals surface area contributed by atoms with Gasteiger partial charge in [-0.15, -0.1) is 0 Å². The zero-order valence-electron chi connectivity index (χ0n) is 18.9. The SMILES string of the molecule is COc1ccc(NC(=O)CCNC(=O)[C@@H]2O[C@@H]3OC(C)(C)O[C@@H]3[C@@H]3OC(C)(C)O[C@H]32)cc1. The zero-order chi connectivity index (χ0) is 23.1. The molecule has 0 aliphatic carbocycles. The number of fused-ring (bicyclic) bond motifs is 3. The monoisotopic (exact) mass is 450 g/mol. The van der Waals surface area contributed by atoms with Crippen LogP contribution in [0.5, 0.6) is 5.75 Å². The van der Waals surface area contributed by atoms with Crippen molar-refractivity contribution in [1.29, 1.82) is 0 Å². The number of amides is 2. The van der Waals surface area contributed by atoms with E-state index in [-0.39, 0.29) is 18.9 Å². The maximum Gasteiger partial charge on any atom is 0.252 e. The summed E-state index contributed by atoms with van der Waals surface area (Å²) in [5.41, 5.74) is 0.645. The van der Waals surface area contributed by atoms with Gasteiger partial charge in [-0.1, -0.05) is 0 Å². The summed E-state index contributed by atoms with van der Waals surface area (Å²) in [5.74, 6) is -1.68. The number of carbonyl (C=O) groups excluding carboxylic acids is 2. The molecule has 5 atom stereocenters. The third kappa shape index (κ3) is 4.89. The number of ether oxygens (including phenoxy) is 6. The maximum absolute atomic E-state index is 12.9. The molecule has 3 fully saturated rings. The summed E-state index contributed by atoms with van der Waals surface area (Å²) in [5, 5.41) is 5.53. The Morgan fingerprint density at radius 2 is 1.56 bits per heavy atom. The first-order valence-electron chi connectivity index (χ1n) is 10.7. The maximum atomic E-state index is 12.9. The van der Waals surface area contributed by atoms with E-state index >= 15 is 0 Å². The Morgan fingerprint density at radius 3 is 2.25 bits per heavy atom. The lowest BCUT2D eigenvalue weighted by Gasteiger charge is -2.36. The number of methoxy groups -OCH3 is 1. The topological polar surface area (TPSA) is 114 Å². The van der Waals surface area contributed by atoms with Crippen LogP contribution in [0.15, 0.2) is 24.3 Å². The van der Waals surface area contributed by atoms with Gasteiger partial charge in [0, 0.05) is 18.7 Å². The molecule has 3 heterocycles. The standard InChI is InChI=1S/C22H30N2O8/c1-21(2)29-15-16(30-21)18-20(32-22(3,4)31-18)28-17(15)19(26)23-11-10-14(25)24-12-6-8-13(27-5)9-7-12/h6-9,15-18,20H,10-11H2,1-5H3,(H,23,26)(H,24,25)/t15-,16-,17-,18-,20-/m1/s1. The van der Waals surface area contributed by atoms with E-state index in [1.807, 2.05) is 0 Å². The molecule has 0 aromatic heterocycles. The normalized spacial score (nSPS) is 32.0. The van der Waals surface area contributed by atoms with E-state index in [0.29, 0.717) is 11.4 Å². The van der Waals surface area contributed by atoms with Crippen molar-refractivity contribution in [3.05, 3.63) is 24.3 Å². The summed E-state index contributed by atoms with van der Waals surface area (Å²) in [6.07, 6.45) is -3.28. The quantitative estimate of drug-likeness (QED) is 0.671. The second kappa shape index (κ2) is 8.60. The molecule has 2 amide bonds. The Bertz CT molecular complexity index is 856. The molecule has 3 saturated heterocycles. The van der Waals surface area contributed by atoms with Crippen LogP contribution >= 0.6 is 0 Å². The number of benzene rings is 1. The third-order valence-corrected chi connectivity index (χ3v) is 5.44. The Balaban J connectivity index is 1.32. The number of rotatable bonds is 6. The van der Waals surface area contributed by atoms with Crippen molar-refractivity contribution in [1.82, 2.24) is 5.32 Å². The zero-order valence-corrected chi connectivity index (χ0v) is 18.9. The highest BCUT2D eigenvalue weighted by Crippen LogP contribution is 2.44. The lowest BCUT2D eigenvalue weighted by Crippen LogP contribution is -2.59. The van der Waals surface area contributed by atoms with Gasteiger partial charge in [0.05, 0.1) is 7.11 Å². The predicted molar refractivity (Wildman–Crippen MR) is 112 cm³/mol. The van der Waals surface area contributed by atoms with Gasteiger partial charge in [-0.05, 0) is 52.0 Å². The number of nitrogens with one attached hydrogen (secondary N) is 2. The predicted octanol–water partition coefficient (Wildman–Crippen LogP) is 1.54. The van der Waals surface area contributed by atoms with Gasteiger partial charge in [-0.25, -0.2) is 0 Å². The number of hydrogen-bond donors (Lipinski definition) is 2. The summed E-state index contributed by atoms with van der Waals surface area (Å²) >= 11 is 0. The molecule has 10 nitrogen and oxygen atoms in total. The largest absolute Gasteiger partial charge is 0.497 e. The fourth-order valence-corrected chi connectivity index (χ4v) is 4.12. The van der Waals surface area contributed by atoms with Crippen LogP contribution in [-0.4, -0.2) is 67.7 Å². The van der Waals surface area contributed by atoms with E-state index in [4.69, 9.17) is 28.4 Å². The number of carbonyl (C=O) groups is 2. The van der Waals surface area contributed by atoms with Crippen LogP contribution in [-0.2, 0) is 33.3 Å². The molecule has 10 heteroatoms. The van der Waals surface area contributed by atoms with Crippen LogP contribution in [0.3, 0.4) is 0 Å². The van der Waals surface area contributed by atoms with Crippen LogP contribution in [0.1, 0.15) is 34.1 Å². The minimum Gasteiger partial charge on any atom is -0.497 e. The molecule has 1 aromatic rings. The van der Waals surface area contributed by atoms with Gasteiger partial charge in [0.15, 0.2) is 24.0 Å². The van der Waals surface area contributed by atoms with Crippen molar-refractivity contribution in [3.63, 3.8) is 0 Å². The second-order valence-electron chi connectivity index (χ2n) is 8.91. The number of anilines is 1. The molecule has 0 bridgehead atoms. The van der Waals surface area contributed by atoms with E-state index in [9.17, 15) is 9.59 Å². The van der Waals surface area contributed by atoms with Gasteiger partial charge >= 0.3 is 0 Å². The first-order valence-corrected chi connectivity index (χ1v) is 10.7. The fraction of sp³-hybridized carbons (Fsp3) is 0.636. The molecule has 176 valence electrons. The van der Waals surface area contributed by atoms with Crippen molar-refractivity contribution in [2.75, 3.05) is 19.0 Å². The summed E-state index contributed by atoms with van der Waals surface area (Å²) < 4.78 is 34.7. The molecular weight excluding hydrogens is 420 g/mol. The smallest absolute Gasteiger partial charge is 0.252 e. The first kappa shape index (κ1) is 22.9. The van der Waals surface area contributed by atoms with Crippen LogP contribution in [0.25, 0.3) is 0 Å². The number of hydrogen-bond acceptors (Lipinski definition) is 8. The van der Waals surface area contributed by atoms with Crippen LogP contribution < -0.4 is 15.4 Å². The van der Waals surface area contributed by atoms with E-state index in [0.717, 1.165) is 0 Å². The van der Waals surface area contributed by atoms with Gasteiger partial charge in [-0.2, -0.15) is 0 Å². The molecule has 0 unspecified atom stereocenters. The summed E-state index contributed by atoms with van der Waals surface area (Å²) in [6, 6.07) is 6.99. The molecule has 0 saturated carbocycles. The van der Waals surface area contributed by atoms with Gasteiger partial charge in [0.25, 0.3) is 5.91 Å². The van der Waals surface area contributed by atoms with Gasteiger partial charge < -0.3 is 39.1 Å². The van der Waals surface area contributed by atoms with Crippen LogP contribution in [0.2, 0.25) is 0 Å². The molecule has 0 spiro atoms. The Kier molecular flexibility index (Phi) is 6.17. The molecule has 32 heavy (non-hydrogen) atoms. The van der Waals surface area contributed by atoms with E-state index in [1.54, 1.807) is 59.1 Å². The molecule has 3 aliphatic heterocycles. The lowest BCUT2D eigenvalue weighted by atomic mass is 9.98. The molecule has 4 rings (SSSR count). The van der Waals surface area contributed by atoms with E-state index in [2.05, 4.69) is 10.6 Å². The Hall–Kier alpha value is -2.24. The van der Waals surface area contributed by atoms with Crippen LogP contribution in [0, 0.1) is 0 Å². The van der Waals surface area contributed by atoms with Crippen molar-refractivity contribution >= 4 is 17.5 Å². The molecular formula is C22H30N2O8. The lowest BCUT2D eigenvalue weighted by molar-refractivity contribution is -0.231. The van der Waals surface area contributed by atoms with Crippen molar-refractivity contribution in [3.8, 4) is 5.75 Å². The highest BCUT2D eigenvalue weighted by Gasteiger charge is 2.62. The summed E-state index contributed by atoms with van der Waals surface area (Å²) in [6.45, 7) is 7.25. The average molecular weight is 450 g/mol. The Labute approximate surface area is 186 Å². The molecule has 0 radical (unpaired) electrons. The third-order valence-electron chi connectivity index (χ3n) is 5.44. The van der Waals surface area contributed by atoms with Gasteiger partial charge in [0.1, 0.15) is 24.1 Å². The summed E-state index contributed by atoms with van der Waals surface area (Å²) in [4.78, 5) is 25.1. The molecule has 3 aliphatic rings. The average Bonchev–Trinajstić information content (AvgIpc) is 3.21. The van der Waals surface area contributed by atoms with Crippen LogP contribution in [0.4, 0.5) is 5.69 Å².